The minimum atomic E-state index is -0.619. The van der Waals surface area contributed by atoms with Crippen LogP contribution in [0.5, 0.6) is 23.0 Å². The minimum Gasteiger partial charge on any atom is -0.457 e. The second kappa shape index (κ2) is 14.6. The van der Waals surface area contributed by atoms with Gasteiger partial charge in [-0.25, -0.2) is 0 Å². The molecule has 4 aliphatic rings. The molecule has 0 saturated heterocycles. The molecule has 0 unspecified atom stereocenters. The molecule has 3 heterocycles. The van der Waals surface area contributed by atoms with Crippen LogP contribution in [-0.2, 0) is 10.8 Å². The first kappa shape index (κ1) is 39.5. The van der Waals surface area contributed by atoms with Crippen LogP contribution >= 0.6 is 0 Å². The topological polar surface area (TPSA) is 34.8 Å². The molecule has 2 aliphatic carbocycles. The lowest BCUT2D eigenvalue weighted by molar-refractivity contribution is 0.436. The van der Waals surface area contributed by atoms with Crippen molar-refractivity contribution in [1.29, 1.82) is 0 Å². The zero-order chi connectivity index (χ0) is 47.1. The number of furan rings is 1. The normalized spacial score (nSPS) is 14.3. The zero-order valence-corrected chi connectivity index (χ0v) is 38.8. The number of benzene rings is 11. The number of anilines is 3. The molecule has 0 bridgehead atoms. The van der Waals surface area contributed by atoms with E-state index in [1.54, 1.807) is 0 Å². The van der Waals surface area contributed by atoms with Crippen molar-refractivity contribution < 1.29 is 13.9 Å². The molecule has 4 heteroatoms. The highest BCUT2D eigenvalue weighted by molar-refractivity contribution is 6.06. The first-order chi connectivity index (χ1) is 35.7. The summed E-state index contributed by atoms with van der Waals surface area (Å²) in [6.07, 6.45) is 0. The predicted octanol–water partition coefficient (Wildman–Crippen LogP) is 17.7. The molecule has 0 atom stereocenters. The maximum atomic E-state index is 6.74. The van der Waals surface area contributed by atoms with Crippen LogP contribution in [0.2, 0.25) is 0 Å². The summed E-state index contributed by atoms with van der Waals surface area (Å²) in [5.41, 5.74) is 20.5. The lowest BCUT2D eigenvalue weighted by Crippen LogP contribution is -2.32. The number of ether oxygens (including phenoxy) is 2. The molecule has 0 amide bonds. The molecule has 4 nitrogen and oxygen atoms in total. The maximum Gasteiger partial charge on any atom is 0.135 e. The number of hydrogen-bond donors (Lipinski definition) is 0. The van der Waals surface area contributed by atoms with Gasteiger partial charge >= 0.3 is 0 Å². The smallest absolute Gasteiger partial charge is 0.135 e. The standard InChI is InChI=1S/C68H41NO3/c1-4-18-53-47(15-1)49-36-34-46(41-60(49)68(53)58-22-8-13-27-65(58)72-66-28-14-9-23-59(66)68)69(44-32-29-42(30-33-44)43-31-38-62-52(39-43)50-17-3-10-24-61(50)70-62)45-35-37-55-51(40-45)48-16-2-5-19-54(48)67(55)56-20-6-11-25-63(56)71-64-26-12-7-21-57(64)67/h1-41H. The van der Waals surface area contributed by atoms with Crippen molar-refractivity contribution >= 4 is 39.0 Å². The molecule has 72 heavy (non-hydrogen) atoms. The molecule has 16 rings (SSSR count). The Labute approximate surface area is 416 Å². The Morgan fingerprint density at radius 1 is 0.264 bits per heavy atom. The van der Waals surface area contributed by atoms with Gasteiger partial charge in [0.2, 0.25) is 0 Å². The van der Waals surface area contributed by atoms with Gasteiger partial charge in [-0.2, -0.15) is 0 Å². The van der Waals surface area contributed by atoms with E-state index >= 15 is 0 Å². The van der Waals surface area contributed by atoms with Gasteiger partial charge in [-0.1, -0.05) is 170 Å². The van der Waals surface area contributed by atoms with Crippen molar-refractivity contribution in [3.8, 4) is 56.4 Å². The average Bonchev–Trinajstić information content (AvgIpc) is 4.07. The molecule has 1 aromatic heterocycles. The first-order valence-electron chi connectivity index (χ1n) is 24.7. The van der Waals surface area contributed by atoms with Crippen LogP contribution in [0.4, 0.5) is 17.1 Å². The van der Waals surface area contributed by atoms with Crippen molar-refractivity contribution in [3.05, 3.63) is 293 Å². The third-order valence-corrected chi connectivity index (χ3v) is 16.0. The van der Waals surface area contributed by atoms with Gasteiger partial charge in [0.1, 0.15) is 34.2 Å². The van der Waals surface area contributed by atoms with Gasteiger partial charge in [0.05, 0.1) is 10.8 Å². The molecular weight excluding hydrogens is 879 g/mol. The van der Waals surface area contributed by atoms with E-state index in [2.05, 4.69) is 241 Å². The maximum absolute atomic E-state index is 6.74. The van der Waals surface area contributed by atoms with Gasteiger partial charge < -0.3 is 18.8 Å². The second-order valence-electron chi connectivity index (χ2n) is 19.4. The molecule has 0 radical (unpaired) electrons. The monoisotopic (exact) mass is 919 g/mol. The fourth-order valence-corrected chi connectivity index (χ4v) is 13.1. The third-order valence-electron chi connectivity index (χ3n) is 16.0. The molecule has 2 aliphatic heterocycles. The summed E-state index contributed by atoms with van der Waals surface area (Å²) in [6.45, 7) is 0. The van der Waals surface area contributed by atoms with Gasteiger partial charge in [-0.05, 0) is 134 Å². The highest BCUT2D eigenvalue weighted by atomic mass is 16.5. The van der Waals surface area contributed by atoms with Crippen molar-refractivity contribution in [3.63, 3.8) is 0 Å². The van der Waals surface area contributed by atoms with Gasteiger partial charge in [0.15, 0.2) is 0 Å². The summed E-state index contributed by atoms with van der Waals surface area (Å²) < 4.78 is 19.6. The zero-order valence-electron chi connectivity index (χ0n) is 38.8. The second-order valence-corrected chi connectivity index (χ2v) is 19.4. The minimum absolute atomic E-state index is 0.570. The number of fused-ring (bicyclic) bond motifs is 21. The van der Waals surface area contributed by atoms with E-state index in [0.29, 0.717) is 0 Å². The highest BCUT2D eigenvalue weighted by Gasteiger charge is 2.53. The number of hydrogen-bond acceptors (Lipinski definition) is 4. The molecule has 2 spiro atoms. The van der Waals surface area contributed by atoms with Crippen molar-refractivity contribution in [1.82, 2.24) is 0 Å². The summed E-state index contributed by atoms with van der Waals surface area (Å²) in [4.78, 5) is 2.45. The van der Waals surface area contributed by atoms with Gasteiger partial charge in [-0.15, -0.1) is 0 Å². The van der Waals surface area contributed by atoms with Gasteiger partial charge in [0, 0.05) is 50.1 Å². The Kier molecular flexibility index (Phi) is 7.99. The van der Waals surface area contributed by atoms with Crippen molar-refractivity contribution in [2.45, 2.75) is 10.8 Å². The molecular formula is C68H41NO3. The van der Waals surface area contributed by atoms with E-state index in [1.165, 1.54) is 44.5 Å². The number of rotatable bonds is 4. The fraction of sp³-hybridized carbons (Fsp3) is 0.0294. The Morgan fingerprint density at radius 3 is 1.32 bits per heavy atom. The van der Waals surface area contributed by atoms with Crippen molar-refractivity contribution in [2.24, 2.45) is 0 Å². The van der Waals surface area contributed by atoms with Crippen LogP contribution in [0.15, 0.2) is 253 Å². The number of para-hydroxylation sites is 5. The molecule has 12 aromatic rings. The Bertz CT molecular complexity index is 4170. The SMILES string of the molecule is c1ccc2c(c1)Oc1ccccc1C21c2ccccc2-c2cc(N(c3ccc(-c4ccc5oc6ccccc6c5c4)cc3)c3ccc4c(c3)C3(c5ccccc5Oc5ccccc53)c3ccccc3-4)ccc21. The highest BCUT2D eigenvalue weighted by Crippen LogP contribution is 2.65. The summed E-state index contributed by atoms with van der Waals surface area (Å²) >= 11 is 0. The number of nitrogens with zero attached hydrogens (tertiary/aromatic N) is 1. The summed E-state index contributed by atoms with van der Waals surface area (Å²) in [5.74, 6) is 3.52. The van der Waals surface area contributed by atoms with Crippen LogP contribution in [0.3, 0.4) is 0 Å². The van der Waals surface area contributed by atoms with E-state index in [-0.39, 0.29) is 0 Å². The summed E-state index contributed by atoms with van der Waals surface area (Å²) in [7, 11) is 0. The van der Waals surface area contributed by atoms with Crippen LogP contribution in [0.25, 0.3) is 55.3 Å². The summed E-state index contributed by atoms with van der Waals surface area (Å²) in [6, 6.07) is 90.3. The quantitative estimate of drug-likeness (QED) is 0.176. The van der Waals surface area contributed by atoms with Crippen LogP contribution in [0.1, 0.15) is 44.5 Å². The first-order valence-corrected chi connectivity index (χ1v) is 24.7. The summed E-state index contributed by atoms with van der Waals surface area (Å²) in [5, 5.41) is 2.24. The average molecular weight is 920 g/mol. The fourth-order valence-electron chi connectivity index (χ4n) is 13.1. The lowest BCUT2D eigenvalue weighted by atomic mass is 9.66. The largest absolute Gasteiger partial charge is 0.457 e. The molecule has 336 valence electrons. The van der Waals surface area contributed by atoms with E-state index in [4.69, 9.17) is 13.9 Å². The van der Waals surface area contributed by atoms with Crippen LogP contribution in [-0.4, -0.2) is 0 Å². The van der Waals surface area contributed by atoms with E-state index in [1.807, 2.05) is 12.1 Å². The Morgan fingerprint density at radius 2 is 0.694 bits per heavy atom. The van der Waals surface area contributed by atoms with Crippen LogP contribution in [0, 0.1) is 0 Å². The van der Waals surface area contributed by atoms with E-state index in [9.17, 15) is 0 Å². The van der Waals surface area contributed by atoms with E-state index < -0.39 is 10.8 Å². The lowest BCUT2D eigenvalue weighted by Gasteiger charge is -2.40. The Hall–Kier alpha value is -9.38. The van der Waals surface area contributed by atoms with Crippen molar-refractivity contribution in [2.75, 3.05) is 4.90 Å². The third kappa shape index (κ3) is 5.15. The molecule has 0 fully saturated rings. The molecule has 0 N–H and O–H groups in total. The van der Waals surface area contributed by atoms with Gasteiger partial charge in [0.25, 0.3) is 0 Å². The predicted molar refractivity (Wildman–Crippen MR) is 289 cm³/mol. The molecule has 11 aromatic carbocycles. The van der Waals surface area contributed by atoms with Gasteiger partial charge in [-0.3, -0.25) is 0 Å². The molecule has 0 saturated carbocycles. The van der Waals surface area contributed by atoms with Crippen LogP contribution < -0.4 is 14.4 Å². The van der Waals surface area contributed by atoms with E-state index in [0.717, 1.165) is 95.4 Å². The Balaban J connectivity index is 0.929.